The molecule has 1 N–H and O–H groups in total. The summed E-state index contributed by atoms with van der Waals surface area (Å²) in [5.41, 5.74) is 0.0574. The Morgan fingerprint density at radius 1 is 1.47 bits per heavy atom. The second-order valence-electron chi connectivity index (χ2n) is 5.42. The molecule has 0 aliphatic heterocycles. The molecule has 2 rings (SSSR count). The highest BCUT2D eigenvalue weighted by molar-refractivity contribution is 6.30. The van der Waals surface area contributed by atoms with Gasteiger partial charge >= 0.3 is 0 Å². The van der Waals surface area contributed by atoms with Crippen LogP contribution in [0.25, 0.3) is 0 Å². The molecule has 1 saturated carbocycles. The van der Waals surface area contributed by atoms with E-state index in [2.05, 4.69) is 0 Å². The van der Waals surface area contributed by atoms with Gasteiger partial charge in [0.05, 0.1) is 10.6 Å². The van der Waals surface area contributed by atoms with Crippen molar-refractivity contribution in [3.63, 3.8) is 0 Å². The highest BCUT2D eigenvalue weighted by Gasteiger charge is 2.29. The second kappa shape index (κ2) is 4.95. The van der Waals surface area contributed by atoms with Crippen molar-refractivity contribution < 1.29 is 9.50 Å². The topological polar surface area (TPSA) is 20.2 Å². The van der Waals surface area contributed by atoms with Gasteiger partial charge in [0.25, 0.3) is 0 Å². The molecule has 1 fully saturated rings. The fourth-order valence-electron chi connectivity index (χ4n) is 2.48. The van der Waals surface area contributed by atoms with Crippen LogP contribution in [0.15, 0.2) is 18.2 Å². The first-order valence-electron chi connectivity index (χ1n) is 6.13. The van der Waals surface area contributed by atoms with Gasteiger partial charge in [-0.3, -0.25) is 0 Å². The van der Waals surface area contributed by atoms with Gasteiger partial charge in [0.2, 0.25) is 0 Å². The quantitative estimate of drug-likeness (QED) is 0.865. The van der Waals surface area contributed by atoms with Gasteiger partial charge in [0, 0.05) is 6.42 Å². The first-order valence-corrected chi connectivity index (χ1v) is 6.50. The van der Waals surface area contributed by atoms with E-state index in [0.717, 1.165) is 12.0 Å². The summed E-state index contributed by atoms with van der Waals surface area (Å²) in [4.78, 5) is 0. The summed E-state index contributed by atoms with van der Waals surface area (Å²) in [6.07, 6.45) is 4.99. The third-order valence-electron chi connectivity index (χ3n) is 3.52. The predicted molar refractivity (Wildman–Crippen MR) is 67.7 cm³/mol. The smallest absolute Gasteiger partial charge is 0.142 e. The normalized spacial score (nSPS) is 19.8. The molecule has 0 heterocycles. The Kier molecular flexibility index (Phi) is 3.74. The number of benzene rings is 1. The summed E-state index contributed by atoms with van der Waals surface area (Å²) in [5, 5.41) is 10.4. The average Bonchev–Trinajstić information content (AvgIpc) is 2.18. The van der Waals surface area contributed by atoms with E-state index in [9.17, 15) is 9.50 Å². The molecule has 0 spiro atoms. The van der Waals surface area contributed by atoms with Gasteiger partial charge in [0.15, 0.2) is 0 Å². The summed E-state index contributed by atoms with van der Waals surface area (Å²) in [5.74, 6) is 0.228. The lowest BCUT2D eigenvalue weighted by Gasteiger charge is -2.33. The number of halogens is 2. The van der Waals surface area contributed by atoms with Crippen LogP contribution >= 0.6 is 11.6 Å². The zero-order chi connectivity index (χ0) is 12.5. The minimum Gasteiger partial charge on any atom is -0.390 e. The molecular weight excluding hydrogens is 239 g/mol. The Bertz CT molecular complexity index is 399. The van der Waals surface area contributed by atoms with Crippen LogP contribution in [0.4, 0.5) is 4.39 Å². The van der Waals surface area contributed by atoms with Gasteiger partial charge in [-0.05, 0) is 37.0 Å². The molecule has 1 aliphatic carbocycles. The summed E-state index contributed by atoms with van der Waals surface area (Å²) in [6, 6.07) is 4.74. The fraction of sp³-hybridized carbons (Fsp3) is 0.571. The van der Waals surface area contributed by atoms with Crippen molar-refractivity contribution in [2.24, 2.45) is 5.92 Å². The second-order valence-corrected chi connectivity index (χ2v) is 5.83. The van der Waals surface area contributed by atoms with Gasteiger partial charge in [-0.2, -0.15) is 0 Å². The fourth-order valence-corrected chi connectivity index (χ4v) is 2.60. The molecule has 17 heavy (non-hydrogen) atoms. The van der Waals surface area contributed by atoms with Crippen LogP contribution in [0.1, 0.15) is 38.2 Å². The first-order chi connectivity index (χ1) is 7.96. The van der Waals surface area contributed by atoms with E-state index in [4.69, 9.17) is 11.6 Å². The maximum Gasteiger partial charge on any atom is 0.142 e. The van der Waals surface area contributed by atoms with Crippen molar-refractivity contribution in [1.29, 1.82) is 0 Å². The Morgan fingerprint density at radius 2 is 2.18 bits per heavy atom. The molecule has 1 atom stereocenters. The van der Waals surface area contributed by atoms with Crippen molar-refractivity contribution in [1.82, 2.24) is 0 Å². The zero-order valence-electron chi connectivity index (χ0n) is 10.0. The van der Waals surface area contributed by atoms with E-state index in [-0.39, 0.29) is 5.02 Å². The highest BCUT2D eigenvalue weighted by atomic mass is 35.5. The van der Waals surface area contributed by atoms with Crippen molar-refractivity contribution >= 4 is 11.6 Å². The van der Waals surface area contributed by atoms with Gasteiger partial charge in [-0.15, -0.1) is 0 Å². The van der Waals surface area contributed by atoms with Gasteiger partial charge in [-0.25, -0.2) is 4.39 Å². The lowest BCUT2D eigenvalue weighted by atomic mass is 9.76. The summed E-state index contributed by atoms with van der Waals surface area (Å²) >= 11 is 5.63. The lowest BCUT2D eigenvalue weighted by molar-refractivity contribution is 0.0204. The number of aliphatic hydroxyl groups is 1. The van der Waals surface area contributed by atoms with Crippen LogP contribution in [0.2, 0.25) is 5.02 Å². The molecule has 94 valence electrons. The monoisotopic (exact) mass is 256 g/mol. The van der Waals surface area contributed by atoms with Crippen LogP contribution in [0.5, 0.6) is 0 Å². The molecule has 0 saturated heterocycles. The molecule has 1 unspecified atom stereocenters. The van der Waals surface area contributed by atoms with E-state index in [1.54, 1.807) is 12.1 Å². The van der Waals surface area contributed by atoms with E-state index < -0.39 is 11.4 Å². The van der Waals surface area contributed by atoms with Crippen molar-refractivity contribution in [3.8, 4) is 0 Å². The predicted octanol–water partition coefficient (Wildman–Crippen LogP) is 3.96. The third kappa shape index (κ3) is 3.43. The van der Waals surface area contributed by atoms with Crippen molar-refractivity contribution in [2.75, 3.05) is 0 Å². The first kappa shape index (κ1) is 12.8. The van der Waals surface area contributed by atoms with Gasteiger partial charge in [0.1, 0.15) is 5.82 Å². The van der Waals surface area contributed by atoms with Crippen LogP contribution in [-0.4, -0.2) is 10.7 Å². The summed E-state index contributed by atoms with van der Waals surface area (Å²) < 4.78 is 13.3. The molecule has 0 amide bonds. The number of rotatable bonds is 4. The molecule has 1 nitrogen and oxygen atoms in total. The molecule has 3 heteroatoms. The Morgan fingerprint density at radius 3 is 2.71 bits per heavy atom. The summed E-state index contributed by atoms with van der Waals surface area (Å²) in [7, 11) is 0. The van der Waals surface area contributed by atoms with Gasteiger partial charge < -0.3 is 5.11 Å². The van der Waals surface area contributed by atoms with Crippen LogP contribution in [0.3, 0.4) is 0 Å². The SMILES string of the molecule is CC(O)(Cc1ccc(Cl)c(F)c1)CC1CCC1. The molecule has 1 aromatic carbocycles. The minimum atomic E-state index is -0.745. The van der Waals surface area contributed by atoms with Gasteiger partial charge in [-0.1, -0.05) is 36.9 Å². The minimum absolute atomic E-state index is 0.132. The average molecular weight is 257 g/mol. The summed E-state index contributed by atoms with van der Waals surface area (Å²) in [6.45, 7) is 1.83. The molecule has 1 aromatic rings. The lowest BCUT2D eigenvalue weighted by Crippen LogP contribution is -2.32. The van der Waals surface area contributed by atoms with E-state index in [1.165, 1.54) is 25.3 Å². The maximum atomic E-state index is 13.3. The Balaban J connectivity index is 2.00. The Labute approximate surface area is 107 Å². The molecular formula is C14H18ClFO. The van der Waals surface area contributed by atoms with Crippen LogP contribution in [0, 0.1) is 11.7 Å². The maximum absolute atomic E-state index is 13.3. The van der Waals surface area contributed by atoms with E-state index in [0.29, 0.717) is 12.3 Å². The van der Waals surface area contributed by atoms with Crippen molar-refractivity contribution in [3.05, 3.63) is 34.6 Å². The highest BCUT2D eigenvalue weighted by Crippen LogP contribution is 2.35. The van der Waals surface area contributed by atoms with E-state index in [1.807, 2.05) is 6.92 Å². The molecule has 0 radical (unpaired) electrons. The largest absolute Gasteiger partial charge is 0.390 e. The standard InChI is InChI=1S/C14H18ClFO/c1-14(17,8-10-3-2-4-10)9-11-5-6-12(15)13(16)7-11/h5-7,10,17H,2-4,8-9H2,1H3. The van der Waals surface area contributed by atoms with Crippen LogP contribution in [-0.2, 0) is 6.42 Å². The van der Waals surface area contributed by atoms with Crippen molar-refractivity contribution in [2.45, 2.75) is 44.6 Å². The Hall–Kier alpha value is -0.600. The third-order valence-corrected chi connectivity index (χ3v) is 3.83. The molecule has 1 aliphatic rings. The zero-order valence-corrected chi connectivity index (χ0v) is 10.8. The number of hydrogen-bond acceptors (Lipinski definition) is 1. The molecule has 0 bridgehead atoms. The van der Waals surface area contributed by atoms with Crippen LogP contribution < -0.4 is 0 Å². The molecule has 0 aromatic heterocycles. The van der Waals surface area contributed by atoms with E-state index >= 15 is 0 Å². The number of hydrogen-bond donors (Lipinski definition) is 1.